The normalized spacial score (nSPS) is 25.1. The molecule has 0 unspecified atom stereocenters. The summed E-state index contributed by atoms with van der Waals surface area (Å²) in [5.41, 5.74) is 0.975. The minimum Gasteiger partial charge on any atom is -0.494 e. The maximum absolute atomic E-state index is 15.0. The third-order valence-electron chi connectivity index (χ3n) is 7.36. The Hall–Kier alpha value is -2.54. The van der Waals surface area contributed by atoms with Gasteiger partial charge in [0.1, 0.15) is 6.10 Å². The molecule has 0 saturated heterocycles. The van der Waals surface area contributed by atoms with E-state index in [1.807, 2.05) is 0 Å². The molecule has 2 aromatic rings. The van der Waals surface area contributed by atoms with E-state index in [2.05, 4.69) is 0 Å². The summed E-state index contributed by atoms with van der Waals surface area (Å²) in [6.07, 6.45) is 5.43. The Bertz CT molecular complexity index is 1010. The summed E-state index contributed by atoms with van der Waals surface area (Å²) in [5.74, 6) is -2.76. The molecule has 0 atom stereocenters. The van der Waals surface area contributed by atoms with Gasteiger partial charge >= 0.3 is 5.97 Å². The molecule has 0 aliphatic heterocycles. The van der Waals surface area contributed by atoms with Gasteiger partial charge in [-0.25, -0.2) is 18.0 Å². The number of rotatable bonds is 6. The highest BCUT2D eigenvalue weighted by atomic mass is 19.2. The SMILES string of the molecule is COc1ccc(C(=O)OC2CCC(c3ccc(C4CCC(OC)CC4)c(F)c3F)CC2)cc1F. The summed E-state index contributed by atoms with van der Waals surface area (Å²) in [6, 6.07) is 7.40. The number of halogens is 3. The predicted octanol–water partition coefficient (Wildman–Crippen LogP) is 6.67. The molecule has 2 aliphatic rings. The van der Waals surface area contributed by atoms with Gasteiger partial charge in [-0.2, -0.15) is 0 Å². The first-order valence-electron chi connectivity index (χ1n) is 12.0. The van der Waals surface area contributed by atoms with Crippen LogP contribution in [0.25, 0.3) is 0 Å². The molecule has 184 valence electrons. The second-order valence-corrected chi connectivity index (χ2v) is 9.31. The van der Waals surface area contributed by atoms with Crippen molar-refractivity contribution in [2.45, 2.75) is 75.4 Å². The molecule has 2 aliphatic carbocycles. The van der Waals surface area contributed by atoms with E-state index in [9.17, 15) is 13.6 Å². The quantitative estimate of drug-likeness (QED) is 0.437. The fourth-order valence-corrected chi connectivity index (χ4v) is 5.32. The molecule has 0 aromatic heterocycles. The highest BCUT2D eigenvalue weighted by Gasteiger charge is 2.30. The fourth-order valence-electron chi connectivity index (χ4n) is 5.32. The van der Waals surface area contributed by atoms with E-state index in [1.54, 1.807) is 19.2 Å². The predicted molar refractivity (Wildman–Crippen MR) is 122 cm³/mol. The minimum atomic E-state index is -0.750. The lowest BCUT2D eigenvalue weighted by molar-refractivity contribution is 0.0193. The molecule has 2 fully saturated rings. The summed E-state index contributed by atoms with van der Waals surface area (Å²) < 4.78 is 59.7. The van der Waals surface area contributed by atoms with E-state index in [0.717, 1.165) is 31.7 Å². The molecule has 0 bridgehead atoms. The van der Waals surface area contributed by atoms with Gasteiger partial charge in [-0.3, -0.25) is 0 Å². The van der Waals surface area contributed by atoms with Gasteiger partial charge in [0.15, 0.2) is 23.2 Å². The van der Waals surface area contributed by atoms with Gasteiger partial charge in [0.05, 0.1) is 18.8 Å². The molecular weight excluding hydrogens is 445 g/mol. The molecule has 2 aromatic carbocycles. The zero-order chi connectivity index (χ0) is 24.2. The number of hydrogen-bond donors (Lipinski definition) is 0. The molecule has 0 heterocycles. The van der Waals surface area contributed by atoms with Crippen molar-refractivity contribution in [2.24, 2.45) is 0 Å². The van der Waals surface area contributed by atoms with E-state index in [-0.39, 0.29) is 35.4 Å². The first kappa shape index (κ1) is 24.6. The monoisotopic (exact) mass is 476 g/mol. The van der Waals surface area contributed by atoms with Crippen LogP contribution in [0.3, 0.4) is 0 Å². The van der Waals surface area contributed by atoms with Crippen LogP contribution in [0.4, 0.5) is 13.2 Å². The zero-order valence-electron chi connectivity index (χ0n) is 19.6. The van der Waals surface area contributed by atoms with Crippen LogP contribution >= 0.6 is 0 Å². The van der Waals surface area contributed by atoms with Crippen molar-refractivity contribution in [1.29, 1.82) is 0 Å². The number of methoxy groups -OCH3 is 2. The third kappa shape index (κ3) is 5.24. The Labute approximate surface area is 198 Å². The molecule has 7 heteroatoms. The van der Waals surface area contributed by atoms with Crippen molar-refractivity contribution < 1.29 is 32.2 Å². The van der Waals surface area contributed by atoms with Crippen LogP contribution in [-0.2, 0) is 9.47 Å². The summed E-state index contributed by atoms with van der Waals surface area (Å²) in [4.78, 5) is 12.4. The van der Waals surface area contributed by atoms with Crippen LogP contribution in [-0.4, -0.2) is 32.4 Å². The van der Waals surface area contributed by atoms with Crippen molar-refractivity contribution in [2.75, 3.05) is 14.2 Å². The Morgan fingerprint density at radius 1 is 0.765 bits per heavy atom. The second kappa shape index (κ2) is 10.8. The van der Waals surface area contributed by atoms with Crippen LogP contribution < -0.4 is 4.74 Å². The number of esters is 1. The molecule has 0 radical (unpaired) electrons. The average Bonchev–Trinajstić information content (AvgIpc) is 2.86. The molecule has 34 heavy (non-hydrogen) atoms. The van der Waals surface area contributed by atoms with Crippen LogP contribution in [0.15, 0.2) is 30.3 Å². The summed E-state index contributed by atoms with van der Waals surface area (Å²) in [7, 11) is 3.04. The van der Waals surface area contributed by atoms with Crippen LogP contribution in [0, 0.1) is 17.5 Å². The summed E-state index contributed by atoms with van der Waals surface area (Å²) in [5, 5.41) is 0. The summed E-state index contributed by atoms with van der Waals surface area (Å²) in [6.45, 7) is 0. The number of ether oxygens (including phenoxy) is 3. The number of hydrogen-bond acceptors (Lipinski definition) is 4. The lowest BCUT2D eigenvalue weighted by Crippen LogP contribution is -2.24. The van der Waals surface area contributed by atoms with Gasteiger partial charge in [0.25, 0.3) is 0 Å². The smallest absolute Gasteiger partial charge is 0.338 e. The Kier molecular flexibility index (Phi) is 7.81. The van der Waals surface area contributed by atoms with Crippen LogP contribution in [0.5, 0.6) is 5.75 Å². The molecule has 0 N–H and O–H groups in total. The Morgan fingerprint density at radius 3 is 1.76 bits per heavy atom. The maximum Gasteiger partial charge on any atom is 0.338 e. The van der Waals surface area contributed by atoms with Gasteiger partial charge in [0.2, 0.25) is 0 Å². The van der Waals surface area contributed by atoms with Crippen molar-refractivity contribution >= 4 is 5.97 Å². The van der Waals surface area contributed by atoms with Gasteiger partial charge in [-0.15, -0.1) is 0 Å². The number of benzene rings is 2. The molecule has 0 amide bonds. The first-order valence-corrected chi connectivity index (χ1v) is 12.0. The van der Waals surface area contributed by atoms with E-state index in [4.69, 9.17) is 14.2 Å². The first-order chi connectivity index (χ1) is 16.4. The van der Waals surface area contributed by atoms with Gasteiger partial charge in [-0.05, 0) is 92.5 Å². The molecular formula is C27H31F3O4. The molecule has 2 saturated carbocycles. The molecule has 4 rings (SSSR count). The lowest BCUT2D eigenvalue weighted by atomic mass is 9.79. The van der Waals surface area contributed by atoms with Crippen molar-refractivity contribution in [3.8, 4) is 5.75 Å². The molecule has 0 spiro atoms. The van der Waals surface area contributed by atoms with Gasteiger partial charge < -0.3 is 14.2 Å². The highest BCUT2D eigenvalue weighted by Crippen LogP contribution is 2.40. The van der Waals surface area contributed by atoms with Crippen LogP contribution in [0.2, 0.25) is 0 Å². The fraction of sp³-hybridized carbons (Fsp3) is 0.519. The van der Waals surface area contributed by atoms with E-state index >= 15 is 4.39 Å². The van der Waals surface area contributed by atoms with Crippen molar-refractivity contribution in [3.63, 3.8) is 0 Å². The maximum atomic E-state index is 15.0. The Balaban J connectivity index is 1.35. The topological polar surface area (TPSA) is 44.8 Å². The van der Waals surface area contributed by atoms with E-state index < -0.39 is 23.4 Å². The average molecular weight is 477 g/mol. The van der Waals surface area contributed by atoms with Crippen molar-refractivity contribution in [3.05, 3.63) is 64.5 Å². The molecule has 4 nitrogen and oxygen atoms in total. The van der Waals surface area contributed by atoms with Gasteiger partial charge in [0, 0.05) is 7.11 Å². The number of carbonyl (C=O) groups is 1. The van der Waals surface area contributed by atoms with Crippen molar-refractivity contribution in [1.82, 2.24) is 0 Å². The Morgan fingerprint density at radius 2 is 1.29 bits per heavy atom. The van der Waals surface area contributed by atoms with Crippen LogP contribution in [0.1, 0.15) is 84.7 Å². The van der Waals surface area contributed by atoms with E-state index in [0.29, 0.717) is 36.8 Å². The van der Waals surface area contributed by atoms with E-state index in [1.165, 1.54) is 19.2 Å². The van der Waals surface area contributed by atoms with Gasteiger partial charge in [-0.1, -0.05) is 12.1 Å². The lowest BCUT2D eigenvalue weighted by Gasteiger charge is -2.30. The second-order valence-electron chi connectivity index (χ2n) is 9.31. The highest BCUT2D eigenvalue weighted by molar-refractivity contribution is 5.89. The summed E-state index contributed by atoms with van der Waals surface area (Å²) >= 11 is 0. The minimum absolute atomic E-state index is 0.0212. The third-order valence-corrected chi connectivity index (χ3v) is 7.36. The number of carbonyl (C=O) groups excluding carboxylic acids is 1. The standard InChI is InChI=1S/C27H31F3O4/c1-32-19-8-3-16(4-9-19)21-12-13-22(26(30)25(21)29)17-5-10-20(11-6-17)34-27(31)18-7-14-24(33-2)23(28)15-18/h7,12-17,19-20H,3-6,8-11H2,1-2H3. The largest absolute Gasteiger partial charge is 0.494 e. The zero-order valence-corrected chi connectivity index (χ0v) is 19.6.